The first-order valence-corrected chi connectivity index (χ1v) is 5.70. The van der Waals surface area contributed by atoms with Crippen molar-refractivity contribution in [1.29, 1.82) is 0 Å². The Kier molecular flexibility index (Phi) is 5.11. The van der Waals surface area contributed by atoms with E-state index in [0.717, 1.165) is 5.56 Å². The molecule has 5 nitrogen and oxygen atoms in total. The smallest absolute Gasteiger partial charge is 0.414 e. The third-order valence-electron chi connectivity index (χ3n) is 2.33. The van der Waals surface area contributed by atoms with Crippen molar-refractivity contribution in [3.8, 4) is 5.75 Å². The lowest BCUT2D eigenvalue weighted by Gasteiger charge is -2.13. The van der Waals surface area contributed by atoms with Crippen LogP contribution in [0.15, 0.2) is 24.3 Å². The minimum atomic E-state index is -0.474. The number of ether oxygens (including phenoxy) is 2. The molecule has 1 amide bonds. The highest BCUT2D eigenvalue weighted by molar-refractivity contribution is 5.87. The molecule has 0 radical (unpaired) electrons. The van der Waals surface area contributed by atoms with Crippen LogP contribution in [0.5, 0.6) is 5.75 Å². The van der Waals surface area contributed by atoms with Crippen LogP contribution < -0.4 is 4.74 Å². The Bertz CT molecular complexity index is 506. The van der Waals surface area contributed by atoms with E-state index >= 15 is 0 Å². The summed E-state index contributed by atoms with van der Waals surface area (Å²) in [4.78, 5) is 24.0. The third kappa shape index (κ3) is 4.46. The van der Waals surface area contributed by atoms with E-state index in [9.17, 15) is 9.59 Å². The molecule has 0 aliphatic carbocycles. The molecule has 0 aromatic heterocycles. The van der Waals surface area contributed by atoms with Crippen molar-refractivity contribution in [1.82, 2.24) is 4.90 Å². The zero-order valence-electron chi connectivity index (χ0n) is 11.5. The lowest BCUT2D eigenvalue weighted by molar-refractivity contribution is -0.134. The fourth-order valence-electron chi connectivity index (χ4n) is 1.28. The number of hydrogen-bond donors (Lipinski definition) is 0. The van der Waals surface area contributed by atoms with Crippen LogP contribution >= 0.6 is 0 Å². The predicted octanol–water partition coefficient (Wildman–Crippen LogP) is 2.24. The van der Waals surface area contributed by atoms with Gasteiger partial charge in [0.2, 0.25) is 0 Å². The highest BCUT2D eigenvalue weighted by Gasteiger charge is 2.10. The van der Waals surface area contributed by atoms with E-state index < -0.39 is 12.1 Å². The van der Waals surface area contributed by atoms with Crippen molar-refractivity contribution in [3.05, 3.63) is 35.4 Å². The maximum atomic E-state index is 11.6. The fourth-order valence-corrected chi connectivity index (χ4v) is 1.28. The maximum Gasteiger partial charge on any atom is 0.414 e. The number of carbonyl (C=O) groups is 2. The van der Waals surface area contributed by atoms with Gasteiger partial charge in [0.05, 0.1) is 7.11 Å². The lowest BCUT2D eigenvalue weighted by Crippen LogP contribution is -2.25. The average molecular weight is 263 g/mol. The first-order valence-electron chi connectivity index (χ1n) is 5.70. The minimum Gasteiger partial charge on any atom is -0.466 e. The van der Waals surface area contributed by atoms with Gasteiger partial charge in [0, 0.05) is 25.7 Å². The molecule has 0 aliphatic rings. The summed E-state index contributed by atoms with van der Waals surface area (Å²) in [6.07, 6.45) is 2.35. The summed E-state index contributed by atoms with van der Waals surface area (Å²) in [6, 6.07) is 5.37. The molecule has 0 fully saturated rings. The summed E-state index contributed by atoms with van der Waals surface area (Å²) in [5.41, 5.74) is 1.59. The average Bonchev–Trinajstić information content (AvgIpc) is 2.37. The molecule has 0 aliphatic heterocycles. The summed E-state index contributed by atoms with van der Waals surface area (Å²) < 4.78 is 9.75. The van der Waals surface area contributed by atoms with Gasteiger partial charge < -0.3 is 14.4 Å². The van der Waals surface area contributed by atoms with Crippen LogP contribution in [-0.4, -0.2) is 38.2 Å². The summed E-state index contributed by atoms with van der Waals surface area (Å²) in [5, 5.41) is 0. The number of carbonyl (C=O) groups excluding carboxylic acids is 2. The van der Waals surface area contributed by atoms with Crippen molar-refractivity contribution in [2.45, 2.75) is 6.92 Å². The topological polar surface area (TPSA) is 55.8 Å². The van der Waals surface area contributed by atoms with Gasteiger partial charge >= 0.3 is 12.1 Å². The minimum absolute atomic E-state index is 0.402. The SMILES string of the molecule is COC(=O)/C=C/c1ccc(C)cc1OC(=O)N(C)C. The van der Waals surface area contributed by atoms with Crippen LogP contribution in [0.25, 0.3) is 6.08 Å². The van der Waals surface area contributed by atoms with Crippen LogP contribution in [0.3, 0.4) is 0 Å². The van der Waals surface area contributed by atoms with Gasteiger partial charge in [0.25, 0.3) is 0 Å². The van der Waals surface area contributed by atoms with Crippen molar-refractivity contribution >= 4 is 18.1 Å². The third-order valence-corrected chi connectivity index (χ3v) is 2.33. The van der Waals surface area contributed by atoms with Gasteiger partial charge in [-0.2, -0.15) is 0 Å². The quantitative estimate of drug-likeness (QED) is 0.620. The molecule has 0 atom stereocenters. The van der Waals surface area contributed by atoms with Gasteiger partial charge in [-0.05, 0) is 24.6 Å². The van der Waals surface area contributed by atoms with Gasteiger partial charge in [-0.15, -0.1) is 0 Å². The molecule has 19 heavy (non-hydrogen) atoms. The monoisotopic (exact) mass is 263 g/mol. The Morgan fingerprint density at radius 2 is 1.95 bits per heavy atom. The van der Waals surface area contributed by atoms with E-state index in [2.05, 4.69) is 4.74 Å². The van der Waals surface area contributed by atoms with E-state index in [0.29, 0.717) is 11.3 Å². The van der Waals surface area contributed by atoms with Crippen molar-refractivity contribution < 1.29 is 19.1 Å². The van der Waals surface area contributed by atoms with Crippen LogP contribution in [0.1, 0.15) is 11.1 Å². The summed E-state index contributed by atoms with van der Waals surface area (Å²) in [5.74, 6) is -0.0654. The number of nitrogens with zero attached hydrogens (tertiary/aromatic N) is 1. The predicted molar refractivity (Wildman–Crippen MR) is 71.9 cm³/mol. The number of methoxy groups -OCH3 is 1. The van der Waals surface area contributed by atoms with Crippen LogP contribution in [0, 0.1) is 6.92 Å². The van der Waals surface area contributed by atoms with Gasteiger partial charge in [-0.25, -0.2) is 9.59 Å². The molecule has 102 valence electrons. The van der Waals surface area contributed by atoms with E-state index in [1.165, 1.54) is 18.1 Å². The van der Waals surface area contributed by atoms with Gasteiger partial charge in [0.15, 0.2) is 0 Å². The summed E-state index contributed by atoms with van der Waals surface area (Å²) in [7, 11) is 4.50. The Hall–Kier alpha value is -2.30. The molecule has 0 spiro atoms. The number of aryl methyl sites for hydroxylation is 1. The second-order valence-corrected chi connectivity index (χ2v) is 4.16. The van der Waals surface area contributed by atoms with Gasteiger partial charge in [-0.1, -0.05) is 12.1 Å². The molecule has 0 saturated heterocycles. The Morgan fingerprint density at radius 1 is 1.26 bits per heavy atom. The molecule has 5 heteroatoms. The Balaban J connectivity index is 3.01. The summed E-state index contributed by atoms with van der Waals surface area (Å²) >= 11 is 0. The molecule has 0 bridgehead atoms. The summed E-state index contributed by atoms with van der Waals surface area (Å²) in [6.45, 7) is 1.89. The first-order chi connectivity index (χ1) is 8.93. The number of hydrogen-bond acceptors (Lipinski definition) is 4. The highest BCUT2D eigenvalue weighted by atomic mass is 16.6. The zero-order chi connectivity index (χ0) is 14.4. The molecule has 0 saturated carbocycles. The van der Waals surface area contributed by atoms with Crippen molar-refractivity contribution in [3.63, 3.8) is 0 Å². The van der Waals surface area contributed by atoms with Crippen LogP contribution in [-0.2, 0) is 9.53 Å². The number of rotatable bonds is 3. The van der Waals surface area contributed by atoms with E-state index in [-0.39, 0.29) is 0 Å². The molecule has 1 aromatic rings. The van der Waals surface area contributed by atoms with Crippen molar-refractivity contribution in [2.24, 2.45) is 0 Å². The maximum absolute atomic E-state index is 11.6. The van der Waals surface area contributed by atoms with Crippen LogP contribution in [0.4, 0.5) is 4.79 Å². The Morgan fingerprint density at radius 3 is 2.53 bits per heavy atom. The second kappa shape index (κ2) is 6.58. The molecule has 0 heterocycles. The highest BCUT2D eigenvalue weighted by Crippen LogP contribution is 2.22. The van der Waals surface area contributed by atoms with Gasteiger partial charge in [-0.3, -0.25) is 0 Å². The molecular formula is C14H17NO4. The number of amides is 1. The second-order valence-electron chi connectivity index (χ2n) is 4.16. The molecule has 1 aromatic carbocycles. The fraction of sp³-hybridized carbons (Fsp3) is 0.286. The molecular weight excluding hydrogens is 246 g/mol. The van der Waals surface area contributed by atoms with Crippen LogP contribution in [0.2, 0.25) is 0 Å². The van der Waals surface area contributed by atoms with E-state index in [4.69, 9.17) is 4.74 Å². The molecule has 0 unspecified atom stereocenters. The number of esters is 1. The van der Waals surface area contributed by atoms with E-state index in [1.54, 1.807) is 32.3 Å². The van der Waals surface area contributed by atoms with Crippen molar-refractivity contribution in [2.75, 3.05) is 21.2 Å². The van der Waals surface area contributed by atoms with E-state index in [1.807, 2.05) is 13.0 Å². The molecule has 1 rings (SSSR count). The number of benzene rings is 1. The largest absolute Gasteiger partial charge is 0.466 e. The zero-order valence-corrected chi connectivity index (χ0v) is 11.5. The first kappa shape index (κ1) is 14.8. The normalized spacial score (nSPS) is 10.3. The molecule has 0 N–H and O–H groups in total. The lowest BCUT2D eigenvalue weighted by atomic mass is 10.1. The van der Waals surface area contributed by atoms with Gasteiger partial charge in [0.1, 0.15) is 5.75 Å². The Labute approximate surface area is 112 Å². The standard InChI is InChI=1S/C14H17NO4/c1-10-5-6-11(7-8-13(16)18-4)12(9-10)19-14(17)15(2)3/h5-9H,1-4H3/b8-7+.